The maximum absolute atomic E-state index is 12.5. The average molecular weight is 379 g/mol. The van der Waals surface area contributed by atoms with Crippen molar-refractivity contribution in [2.24, 2.45) is 0 Å². The number of thiocarbonyl (C=S) groups is 1. The number of thioether (sulfide) groups is 1. The van der Waals surface area contributed by atoms with E-state index in [0.717, 1.165) is 16.3 Å². The zero-order valence-electron chi connectivity index (χ0n) is 12.8. The predicted molar refractivity (Wildman–Crippen MR) is 101 cm³/mol. The van der Waals surface area contributed by atoms with Gasteiger partial charge >= 0.3 is 0 Å². The Bertz CT molecular complexity index is 801. The lowest BCUT2D eigenvalue weighted by Gasteiger charge is -2.12. The average Bonchev–Trinajstić information content (AvgIpc) is 3.10. The number of nitrogen functional groups attached to an aromatic ring is 1. The van der Waals surface area contributed by atoms with Crippen molar-refractivity contribution in [1.29, 1.82) is 0 Å². The van der Waals surface area contributed by atoms with Crippen molar-refractivity contribution in [3.05, 3.63) is 39.7 Å². The zero-order chi connectivity index (χ0) is 17.1. The molecular formula is C15H14N4O2S3. The summed E-state index contributed by atoms with van der Waals surface area (Å²) in [6.45, 7) is 0.471. The van der Waals surface area contributed by atoms with Crippen molar-refractivity contribution in [3.8, 4) is 5.75 Å². The third kappa shape index (κ3) is 3.74. The lowest BCUT2D eigenvalue weighted by atomic mass is 10.2. The summed E-state index contributed by atoms with van der Waals surface area (Å²) in [6, 6.07) is 7.50. The van der Waals surface area contributed by atoms with Gasteiger partial charge in [-0.15, -0.1) is 10.2 Å². The molecule has 6 nitrogen and oxygen atoms in total. The van der Waals surface area contributed by atoms with Gasteiger partial charge in [-0.2, -0.15) is 0 Å². The number of carbonyl (C=O) groups is 1. The van der Waals surface area contributed by atoms with Gasteiger partial charge in [0.1, 0.15) is 15.1 Å². The molecule has 1 aromatic carbocycles. The molecule has 1 aliphatic heterocycles. The number of methoxy groups -OCH3 is 1. The minimum Gasteiger partial charge on any atom is -0.497 e. The molecule has 0 aliphatic carbocycles. The normalized spacial score (nSPS) is 16.2. The summed E-state index contributed by atoms with van der Waals surface area (Å²) in [7, 11) is 1.62. The van der Waals surface area contributed by atoms with E-state index in [1.807, 2.05) is 30.3 Å². The molecule has 1 aromatic heterocycles. The summed E-state index contributed by atoms with van der Waals surface area (Å²) in [6.07, 6.45) is 2.42. The van der Waals surface area contributed by atoms with E-state index in [9.17, 15) is 4.79 Å². The van der Waals surface area contributed by atoms with E-state index >= 15 is 0 Å². The molecule has 2 heterocycles. The largest absolute Gasteiger partial charge is 0.497 e. The molecule has 0 saturated carbocycles. The number of carbonyl (C=O) groups excluding carboxylic acids is 1. The van der Waals surface area contributed by atoms with E-state index in [2.05, 4.69) is 10.2 Å². The number of anilines is 1. The smallest absolute Gasteiger partial charge is 0.266 e. The maximum Gasteiger partial charge on any atom is 0.266 e. The van der Waals surface area contributed by atoms with E-state index in [4.69, 9.17) is 22.7 Å². The Hall–Kier alpha value is -1.97. The Balaban J connectivity index is 1.69. The highest BCUT2D eigenvalue weighted by Gasteiger charge is 2.31. The van der Waals surface area contributed by atoms with E-state index in [0.29, 0.717) is 27.3 Å². The highest BCUT2D eigenvalue weighted by molar-refractivity contribution is 8.26. The van der Waals surface area contributed by atoms with Crippen LogP contribution >= 0.6 is 35.3 Å². The Morgan fingerprint density at radius 2 is 2.08 bits per heavy atom. The van der Waals surface area contributed by atoms with Crippen molar-refractivity contribution in [1.82, 2.24) is 15.1 Å². The van der Waals surface area contributed by atoms with Crippen LogP contribution < -0.4 is 10.5 Å². The molecule has 2 N–H and O–H groups in total. The molecule has 1 saturated heterocycles. The third-order valence-electron chi connectivity index (χ3n) is 3.32. The van der Waals surface area contributed by atoms with Gasteiger partial charge < -0.3 is 10.5 Å². The van der Waals surface area contributed by atoms with Gasteiger partial charge in [-0.1, -0.05) is 47.4 Å². The fourth-order valence-electron chi connectivity index (χ4n) is 2.12. The quantitative estimate of drug-likeness (QED) is 0.632. The lowest BCUT2D eigenvalue weighted by molar-refractivity contribution is -0.122. The minimum absolute atomic E-state index is 0.0849. The zero-order valence-corrected chi connectivity index (χ0v) is 15.2. The molecule has 1 fully saturated rings. The van der Waals surface area contributed by atoms with Gasteiger partial charge in [0.15, 0.2) is 0 Å². The molecule has 1 amide bonds. The van der Waals surface area contributed by atoms with Gasteiger partial charge in [-0.3, -0.25) is 9.69 Å². The fourth-order valence-corrected chi connectivity index (χ4v) is 4.03. The number of hydrogen-bond acceptors (Lipinski definition) is 8. The molecule has 0 unspecified atom stereocenters. The fraction of sp³-hybridized carbons (Fsp3) is 0.200. The van der Waals surface area contributed by atoms with Crippen LogP contribution in [-0.2, 0) is 11.2 Å². The first-order valence-corrected chi connectivity index (χ1v) is 9.08. The highest BCUT2D eigenvalue weighted by Crippen LogP contribution is 2.33. The van der Waals surface area contributed by atoms with Crippen LogP contribution in [0.2, 0.25) is 0 Å². The number of amides is 1. The monoisotopic (exact) mass is 378 g/mol. The van der Waals surface area contributed by atoms with Crippen LogP contribution in [0.15, 0.2) is 29.2 Å². The van der Waals surface area contributed by atoms with Crippen LogP contribution in [0.5, 0.6) is 5.75 Å². The Morgan fingerprint density at radius 3 is 2.71 bits per heavy atom. The predicted octanol–water partition coefficient (Wildman–Crippen LogP) is 2.57. The number of benzene rings is 1. The van der Waals surface area contributed by atoms with Gasteiger partial charge in [0.25, 0.3) is 5.91 Å². The molecule has 9 heteroatoms. The molecule has 124 valence electrons. The molecule has 0 spiro atoms. The molecule has 1 aliphatic rings. The first kappa shape index (κ1) is 16.9. The lowest BCUT2D eigenvalue weighted by Crippen LogP contribution is -2.30. The Labute approximate surface area is 152 Å². The molecule has 2 aromatic rings. The summed E-state index contributed by atoms with van der Waals surface area (Å²) >= 11 is 7.95. The first-order chi connectivity index (χ1) is 11.6. The van der Waals surface area contributed by atoms with Crippen LogP contribution in [0, 0.1) is 0 Å². The molecular weight excluding hydrogens is 364 g/mol. The van der Waals surface area contributed by atoms with Gasteiger partial charge in [-0.05, 0) is 23.8 Å². The van der Waals surface area contributed by atoms with E-state index in [-0.39, 0.29) is 5.91 Å². The third-order valence-corrected chi connectivity index (χ3v) is 5.51. The molecule has 0 bridgehead atoms. The topological polar surface area (TPSA) is 81.3 Å². The molecule has 24 heavy (non-hydrogen) atoms. The first-order valence-electron chi connectivity index (χ1n) is 7.04. The van der Waals surface area contributed by atoms with E-state index in [1.54, 1.807) is 12.0 Å². The summed E-state index contributed by atoms with van der Waals surface area (Å²) in [4.78, 5) is 14.7. The standard InChI is InChI=1S/C15H14N4O2S3/c1-21-10-4-2-9(3-5-10)8-11-13(20)19(15(22)23-11)7-6-12-17-18-14(16)24-12/h2-5,8H,6-7H2,1H3,(H2,16,18)/b11-8+. The Morgan fingerprint density at radius 1 is 1.33 bits per heavy atom. The highest BCUT2D eigenvalue weighted by atomic mass is 32.2. The van der Waals surface area contributed by atoms with Crippen LogP contribution in [0.4, 0.5) is 5.13 Å². The number of nitrogens with two attached hydrogens (primary N) is 1. The van der Waals surface area contributed by atoms with E-state index in [1.165, 1.54) is 23.1 Å². The van der Waals surface area contributed by atoms with E-state index < -0.39 is 0 Å². The van der Waals surface area contributed by atoms with Gasteiger partial charge in [-0.25, -0.2) is 0 Å². The molecule has 0 atom stereocenters. The number of nitrogens with zero attached hydrogens (tertiary/aromatic N) is 3. The number of hydrogen-bond donors (Lipinski definition) is 1. The summed E-state index contributed by atoms with van der Waals surface area (Å²) in [5.74, 6) is 0.689. The number of aromatic nitrogens is 2. The van der Waals surface area contributed by atoms with Crippen LogP contribution in [0.25, 0.3) is 6.08 Å². The second-order valence-corrected chi connectivity index (χ2v) is 7.66. The summed E-state index contributed by atoms with van der Waals surface area (Å²) < 4.78 is 5.68. The van der Waals surface area contributed by atoms with Gasteiger partial charge in [0, 0.05) is 13.0 Å². The van der Waals surface area contributed by atoms with Crippen molar-refractivity contribution in [3.63, 3.8) is 0 Å². The van der Waals surface area contributed by atoms with Gasteiger partial charge in [0.05, 0.1) is 12.0 Å². The van der Waals surface area contributed by atoms with Crippen LogP contribution in [0.1, 0.15) is 10.6 Å². The van der Waals surface area contributed by atoms with Crippen molar-refractivity contribution >= 4 is 56.8 Å². The number of rotatable bonds is 5. The second-order valence-electron chi connectivity index (χ2n) is 4.89. The number of ether oxygens (including phenoxy) is 1. The second kappa shape index (κ2) is 7.29. The van der Waals surface area contributed by atoms with Crippen molar-refractivity contribution in [2.75, 3.05) is 19.4 Å². The van der Waals surface area contributed by atoms with Crippen LogP contribution in [0.3, 0.4) is 0 Å². The van der Waals surface area contributed by atoms with Crippen molar-refractivity contribution < 1.29 is 9.53 Å². The summed E-state index contributed by atoms with van der Waals surface area (Å²) in [5, 5.41) is 8.94. The minimum atomic E-state index is -0.0849. The van der Waals surface area contributed by atoms with Crippen LogP contribution in [-0.4, -0.2) is 39.0 Å². The van der Waals surface area contributed by atoms with Gasteiger partial charge in [0.2, 0.25) is 5.13 Å². The summed E-state index contributed by atoms with van der Waals surface area (Å²) in [5.41, 5.74) is 6.49. The molecule has 3 rings (SSSR count). The maximum atomic E-state index is 12.5. The molecule has 0 radical (unpaired) electrons. The Kier molecular flexibility index (Phi) is 5.12. The van der Waals surface area contributed by atoms with Crippen molar-refractivity contribution in [2.45, 2.75) is 6.42 Å². The SMILES string of the molecule is COc1ccc(/C=C2/SC(=S)N(CCc3nnc(N)s3)C2=O)cc1.